The van der Waals surface area contributed by atoms with Crippen LogP contribution in [-0.2, 0) is 9.53 Å². The molecule has 1 aromatic carbocycles. The number of nitrogens with zero attached hydrogens (tertiary/aromatic N) is 1. The van der Waals surface area contributed by atoms with Gasteiger partial charge in [0.25, 0.3) is 5.91 Å². The Bertz CT molecular complexity index is 526. The van der Waals surface area contributed by atoms with Gasteiger partial charge in [0, 0.05) is 12.1 Å². The van der Waals surface area contributed by atoms with E-state index in [0.717, 1.165) is 24.1 Å². The van der Waals surface area contributed by atoms with Gasteiger partial charge in [-0.15, -0.1) is 0 Å². The highest BCUT2D eigenvalue weighted by Gasteiger charge is 2.45. The van der Waals surface area contributed by atoms with Gasteiger partial charge in [0.1, 0.15) is 0 Å². The number of benzene rings is 1. The first-order valence-corrected chi connectivity index (χ1v) is 6.78. The standard InChI is InChI=1S/C15H17NO3/c1-2-19-13(17)9-10-7-8-16-14(10)11-5-3-4-6-12(11)15(16)18/h3-6,10,14H,2,7-9H2,1H3. The minimum absolute atomic E-state index is 0.0631. The van der Waals surface area contributed by atoms with Crippen LogP contribution in [0.25, 0.3) is 0 Å². The molecule has 4 nitrogen and oxygen atoms in total. The van der Waals surface area contributed by atoms with Gasteiger partial charge >= 0.3 is 5.97 Å². The third kappa shape index (κ3) is 1.91. The molecule has 0 N–H and O–H groups in total. The second kappa shape index (κ2) is 4.68. The van der Waals surface area contributed by atoms with E-state index < -0.39 is 0 Å². The number of esters is 1. The molecule has 2 heterocycles. The fourth-order valence-electron chi connectivity index (χ4n) is 3.26. The molecule has 0 radical (unpaired) electrons. The average molecular weight is 259 g/mol. The maximum absolute atomic E-state index is 12.2. The van der Waals surface area contributed by atoms with Crippen molar-refractivity contribution < 1.29 is 14.3 Å². The lowest BCUT2D eigenvalue weighted by Crippen LogP contribution is -2.24. The van der Waals surface area contributed by atoms with Gasteiger partial charge in [-0.25, -0.2) is 0 Å². The summed E-state index contributed by atoms with van der Waals surface area (Å²) in [5, 5.41) is 0. The van der Waals surface area contributed by atoms with E-state index in [9.17, 15) is 9.59 Å². The summed E-state index contributed by atoms with van der Waals surface area (Å²) in [6.07, 6.45) is 1.28. The molecule has 19 heavy (non-hydrogen) atoms. The van der Waals surface area contributed by atoms with E-state index in [-0.39, 0.29) is 23.8 Å². The molecule has 0 aliphatic carbocycles. The van der Waals surface area contributed by atoms with Crippen molar-refractivity contribution in [2.24, 2.45) is 5.92 Å². The van der Waals surface area contributed by atoms with E-state index in [1.165, 1.54) is 0 Å². The van der Waals surface area contributed by atoms with Crippen LogP contribution in [0.1, 0.15) is 41.7 Å². The summed E-state index contributed by atoms with van der Waals surface area (Å²) in [5.41, 5.74) is 1.86. The lowest BCUT2D eigenvalue weighted by molar-refractivity contribution is -0.144. The summed E-state index contributed by atoms with van der Waals surface area (Å²) in [6, 6.07) is 7.78. The Morgan fingerprint density at radius 3 is 3.00 bits per heavy atom. The van der Waals surface area contributed by atoms with Crippen LogP contribution < -0.4 is 0 Å². The smallest absolute Gasteiger partial charge is 0.306 e. The molecule has 2 unspecified atom stereocenters. The van der Waals surface area contributed by atoms with E-state index in [1.54, 1.807) is 0 Å². The van der Waals surface area contributed by atoms with Gasteiger partial charge in [0.15, 0.2) is 0 Å². The number of fused-ring (bicyclic) bond motifs is 3. The zero-order valence-corrected chi connectivity index (χ0v) is 11.0. The number of rotatable bonds is 3. The molecule has 2 aliphatic heterocycles. The Morgan fingerprint density at radius 2 is 2.21 bits per heavy atom. The Hall–Kier alpha value is -1.84. The first-order chi connectivity index (χ1) is 9.22. The van der Waals surface area contributed by atoms with Crippen molar-refractivity contribution in [1.82, 2.24) is 4.90 Å². The lowest BCUT2D eigenvalue weighted by atomic mass is 9.91. The molecule has 0 saturated carbocycles. The van der Waals surface area contributed by atoms with E-state index in [2.05, 4.69) is 0 Å². The molecule has 1 saturated heterocycles. The van der Waals surface area contributed by atoms with Crippen LogP contribution in [0, 0.1) is 5.92 Å². The van der Waals surface area contributed by atoms with Crippen LogP contribution in [0.3, 0.4) is 0 Å². The fraction of sp³-hybridized carbons (Fsp3) is 0.467. The quantitative estimate of drug-likeness (QED) is 0.781. The summed E-state index contributed by atoms with van der Waals surface area (Å²) >= 11 is 0. The molecular formula is C15H17NO3. The Labute approximate surface area is 112 Å². The van der Waals surface area contributed by atoms with E-state index in [4.69, 9.17) is 4.74 Å². The summed E-state index contributed by atoms with van der Waals surface area (Å²) < 4.78 is 5.02. The highest BCUT2D eigenvalue weighted by Crippen LogP contribution is 2.45. The van der Waals surface area contributed by atoms with Gasteiger partial charge in [0.2, 0.25) is 0 Å². The average Bonchev–Trinajstić information content (AvgIpc) is 2.92. The molecule has 1 fully saturated rings. The summed E-state index contributed by atoms with van der Waals surface area (Å²) in [4.78, 5) is 25.8. The minimum Gasteiger partial charge on any atom is -0.466 e. The largest absolute Gasteiger partial charge is 0.466 e. The highest BCUT2D eigenvalue weighted by molar-refractivity contribution is 5.99. The monoisotopic (exact) mass is 259 g/mol. The number of hydrogen-bond acceptors (Lipinski definition) is 3. The predicted octanol–water partition coefficient (Wildman–Crippen LogP) is 2.16. The zero-order valence-electron chi connectivity index (χ0n) is 11.0. The van der Waals surface area contributed by atoms with Crippen LogP contribution in [-0.4, -0.2) is 29.9 Å². The van der Waals surface area contributed by atoms with Crippen LogP contribution in [0.4, 0.5) is 0 Å². The van der Waals surface area contributed by atoms with Crippen molar-refractivity contribution in [2.75, 3.05) is 13.2 Å². The normalized spacial score (nSPS) is 24.3. The van der Waals surface area contributed by atoms with Gasteiger partial charge in [-0.2, -0.15) is 0 Å². The fourth-order valence-corrected chi connectivity index (χ4v) is 3.26. The number of carbonyl (C=O) groups is 2. The molecule has 0 aromatic heterocycles. The van der Waals surface area contributed by atoms with E-state index >= 15 is 0 Å². The molecule has 0 bridgehead atoms. The topological polar surface area (TPSA) is 46.6 Å². The third-order valence-corrected chi connectivity index (χ3v) is 4.03. The number of ether oxygens (including phenoxy) is 1. The molecule has 1 aromatic rings. The van der Waals surface area contributed by atoms with Crippen LogP contribution >= 0.6 is 0 Å². The highest BCUT2D eigenvalue weighted by atomic mass is 16.5. The van der Waals surface area contributed by atoms with Gasteiger partial charge in [-0.3, -0.25) is 9.59 Å². The van der Waals surface area contributed by atoms with Crippen molar-refractivity contribution in [3.05, 3.63) is 35.4 Å². The van der Waals surface area contributed by atoms with Gasteiger partial charge in [-0.05, 0) is 30.9 Å². The minimum atomic E-state index is -0.161. The zero-order chi connectivity index (χ0) is 13.4. The first-order valence-electron chi connectivity index (χ1n) is 6.78. The number of hydrogen-bond donors (Lipinski definition) is 0. The van der Waals surface area contributed by atoms with Crippen molar-refractivity contribution >= 4 is 11.9 Å². The molecule has 2 atom stereocenters. The van der Waals surface area contributed by atoms with Crippen LogP contribution in [0.5, 0.6) is 0 Å². The second-order valence-electron chi connectivity index (χ2n) is 5.09. The molecule has 1 amide bonds. The van der Waals surface area contributed by atoms with Crippen molar-refractivity contribution in [3.63, 3.8) is 0 Å². The summed E-state index contributed by atoms with van der Waals surface area (Å²) in [7, 11) is 0. The third-order valence-electron chi connectivity index (χ3n) is 4.03. The van der Waals surface area contributed by atoms with E-state index in [0.29, 0.717) is 13.0 Å². The molecular weight excluding hydrogens is 242 g/mol. The maximum Gasteiger partial charge on any atom is 0.306 e. The van der Waals surface area contributed by atoms with Gasteiger partial charge in [-0.1, -0.05) is 18.2 Å². The van der Waals surface area contributed by atoms with Crippen molar-refractivity contribution in [1.29, 1.82) is 0 Å². The van der Waals surface area contributed by atoms with Gasteiger partial charge < -0.3 is 9.64 Å². The molecule has 2 aliphatic rings. The summed E-state index contributed by atoms with van der Waals surface area (Å²) in [6.45, 7) is 2.96. The Morgan fingerprint density at radius 1 is 1.42 bits per heavy atom. The van der Waals surface area contributed by atoms with E-state index in [1.807, 2.05) is 36.1 Å². The summed E-state index contributed by atoms with van der Waals surface area (Å²) in [5.74, 6) is 0.129. The second-order valence-corrected chi connectivity index (χ2v) is 5.09. The molecule has 0 spiro atoms. The van der Waals surface area contributed by atoms with Crippen LogP contribution in [0.2, 0.25) is 0 Å². The Kier molecular flexibility index (Phi) is 3.01. The van der Waals surface area contributed by atoms with Crippen LogP contribution in [0.15, 0.2) is 24.3 Å². The van der Waals surface area contributed by atoms with Crippen molar-refractivity contribution in [3.8, 4) is 0 Å². The maximum atomic E-state index is 12.2. The lowest BCUT2D eigenvalue weighted by Gasteiger charge is -2.20. The number of amides is 1. The van der Waals surface area contributed by atoms with Gasteiger partial charge in [0.05, 0.1) is 19.1 Å². The predicted molar refractivity (Wildman–Crippen MR) is 69.6 cm³/mol. The SMILES string of the molecule is CCOC(=O)CC1CCN2C(=O)c3ccccc3C12. The first kappa shape index (κ1) is 12.2. The number of carbonyl (C=O) groups excluding carboxylic acids is 2. The molecule has 100 valence electrons. The molecule has 3 rings (SSSR count). The molecule has 4 heteroatoms. The van der Waals surface area contributed by atoms with Crippen molar-refractivity contribution in [2.45, 2.75) is 25.8 Å². The Balaban J connectivity index is 1.85.